The van der Waals surface area contributed by atoms with Crippen LogP contribution in [0, 0.1) is 15.5 Å². The smallest absolute Gasteiger partial charge is 0.410 e. The van der Waals surface area contributed by atoms with Crippen LogP contribution in [-0.4, -0.2) is 77.3 Å². The lowest BCUT2D eigenvalue weighted by molar-refractivity contribution is -0.629. The maximum absolute atomic E-state index is 13.3. The summed E-state index contributed by atoms with van der Waals surface area (Å²) in [7, 11) is 2.57. The molecule has 194 valence electrons. The van der Waals surface area contributed by atoms with Gasteiger partial charge in [0, 0.05) is 13.5 Å². The quantitative estimate of drug-likeness (QED) is 0.134. The van der Waals surface area contributed by atoms with Crippen molar-refractivity contribution in [2.45, 2.75) is 57.7 Å². The fraction of sp³-hybridized carbons (Fsp3) is 0.545. The normalized spacial score (nSPS) is 12.6. The van der Waals surface area contributed by atoms with E-state index in [-0.39, 0.29) is 25.8 Å². The number of guanidine groups is 1. The Balaban J connectivity index is 3.06. The third-order valence-corrected chi connectivity index (χ3v) is 4.86. The Morgan fingerprint density at radius 1 is 1.23 bits per heavy atom. The number of methoxy groups -OCH3 is 1. The second-order valence-electron chi connectivity index (χ2n) is 8.77. The molecule has 1 rings (SSSR count). The minimum atomic E-state index is -1.14. The lowest BCUT2D eigenvalue weighted by atomic mass is 10.0. The van der Waals surface area contributed by atoms with Gasteiger partial charge in [0.15, 0.2) is 5.03 Å². The molecule has 13 nitrogen and oxygen atoms in total. The number of nitrogens with one attached hydrogen (secondary N) is 2. The van der Waals surface area contributed by atoms with Gasteiger partial charge < -0.3 is 20.5 Å². The van der Waals surface area contributed by atoms with Crippen LogP contribution in [0.3, 0.4) is 0 Å². The molecule has 1 unspecified atom stereocenters. The third-order valence-electron chi connectivity index (χ3n) is 4.86. The molecule has 35 heavy (non-hydrogen) atoms. The number of hydrogen-bond donors (Lipinski definition) is 3. The van der Waals surface area contributed by atoms with Crippen molar-refractivity contribution in [1.82, 2.24) is 15.2 Å². The maximum Gasteiger partial charge on any atom is 0.410 e. The summed E-state index contributed by atoms with van der Waals surface area (Å²) < 4.78 is 10.2. The van der Waals surface area contributed by atoms with Crippen LogP contribution in [0.2, 0.25) is 0 Å². The van der Waals surface area contributed by atoms with Gasteiger partial charge in [0.05, 0.1) is 13.7 Å². The number of esters is 1. The molecule has 0 spiro atoms. The number of hydrogen-bond acceptors (Lipinski definition) is 8. The van der Waals surface area contributed by atoms with E-state index in [1.54, 1.807) is 45.0 Å². The number of nitrogens with two attached hydrogens (primary N) is 1. The number of nitro groups is 1. The molecule has 0 radical (unpaired) electrons. The predicted molar refractivity (Wildman–Crippen MR) is 127 cm³/mol. The molecule has 0 aliphatic rings. The molecule has 2 atom stereocenters. The summed E-state index contributed by atoms with van der Waals surface area (Å²) in [6.45, 7) is 4.85. The minimum Gasteiger partial charge on any atom is -0.467 e. The Morgan fingerprint density at radius 2 is 1.83 bits per heavy atom. The van der Waals surface area contributed by atoms with E-state index >= 15 is 0 Å². The summed E-state index contributed by atoms with van der Waals surface area (Å²) in [5.41, 5.74) is 5.19. The van der Waals surface area contributed by atoms with Crippen LogP contribution in [0.15, 0.2) is 30.3 Å². The van der Waals surface area contributed by atoms with E-state index in [2.05, 4.69) is 5.32 Å². The van der Waals surface area contributed by atoms with Crippen LogP contribution in [0.5, 0.6) is 0 Å². The lowest BCUT2D eigenvalue weighted by Crippen LogP contribution is -2.54. The number of benzene rings is 1. The van der Waals surface area contributed by atoms with Crippen LogP contribution in [0.25, 0.3) is 0 Å². The van der Waals surface area contributed by atoms with E-state index in [9.17, 15) is 24.5 Å². The Bertz CT molecular complexity index is 889. The maximum atomic E-state index is 13.3. The zero-order valence-electron chi connectivity index (χ0n) is 20.6. The minimum absolute atomic E-state index is 0.0236. The summed E-state index contributed by atoms with van der Waals surface area (Å²) in [4.78, 5) is 50.4. The molecular formula is C22H34N6O7. The zero-order chi connectivity index (χ0) is 26.8. The second kappa shape index (κ2) is 13.1. The van der Waals surface area contributed by atoms with Gasteiger partial charge in [-0.05, 0) is 39.2 Å². The molecule has 0 aliphatic carbocycles. The molecule has 0 bridgehead atoms. The van der Waals surface area contributed by atoms with Gasteiger partial charge in [0.25, 0.3) is 5.96 Å². The molecule has 0 saturated heterocycles. The Kier molecular flexibility index (Phi) is 10.9. The van der Waals surface area contributed by atoms with Crippen molar-refractivity contribution in [1.29, 1.82) is 5.41 Å². The van der Waals surface area contributed by atoms with E-state index in [1.807, 2.05) is 6.07 Å². The van der Waals surface area contributed by atoms with Gasteiger partial charge in [-0.15, -0.1) is 0 Å². The molecule has 0 heterocycles. The standard InChI is InChI=1S/C22H34N6O7/c1-22(2,3)35-21(31)26(4)17(14-15-10-7-6-8-11-15)18(29)25-16(19(30)34-5)12-9-13-27(20(23)24)28(32)33/h6-8,10-11,16-17H,9,12-14H2,1-5H3,(H3,23,24)(H,25,29)/t16?,17-/m0/s1. The van der Waals surface area contributed by atoms with Crippen molar-refractivity contribution in [3.8, 4) is 0 Å². The highest BCUT2D eigenvalue weighted by molar-refractivity contribution is 5.89. The number of carbonyl (C=O) groups excluding carboxylic acids is 3. The van der Waals surface area contributed by atoms with Crippen LogP contribution in [-0.2, 0) is 25.5 Å². The molecule has 1 aromatic carbocycles. The highest BCUT2D eigenvalue weighted by Gasteiger charge is 2.33. The lowest BCUT2D eigenvalue weighted by Gasteiger charge is -2.31. The van der Waals surface area contributed by atoms with Crippen molar-refractivity contribution in [3.63, 3.8) is 0 Å². The van der Waals surface area contributed by atoms with E-state index < -0.39 is 46.6 Å². The summed E-state index contributed by atoms with van der Waals surface area (Å²) in [5.74, 6) is -2.14. The van der Waals surface area contributed by atoms with Gasteiger partial charge in [0.2, 0.25) is 5.91 Å². The summed E-state index contributed by atoms with van der Waals surface area (Å²) in [5, 5.41) is 20.4. The van der Waals surface area contributed by atoms with Crippen LogP contribution >= 0.6 is 0 Å². The van der Waals surface area contributed by atoms with Crippen molar-refractivity contribution < 1.29 is 28.9 Å². The number of ether oxygens (including phenoxy) is 2. The summed E-state index contributed by atoms with van der Waals surface area (Å²) in [6.07, 6.45) is -0.544. The number of amides is 2. The molecule has 0 fully saturated rings. The second-order valence-corrected chi connectivity index (χ2v) is 8.77. The Labute approximate surface area is 204 Å². The first-order valence-corrected chi connectivity index (χ1v) is 10.9. The fourth-order valence-electron chi connectivity index (χ4n) is 3.10. The van der Waals surface area contributed by atoms with E-state index in [1.165, 1.54) is 7.05 Å². The van der Waals surface area contributed by atoms with Gasteiger partial charge in [-0.25, -0.2) is 19.7 Å². The van der Waals surface area contributed by atoms with E-state index in [0.717, 1.165) is 17.6 Å². The molecule has 0 aliphatic heterocycles. The zero-order valence-corrected chi connectivity index (χ0v) is 20.6. The number of likely N-dealkylation sites (N-methyl/N-ethyl adjacent to an activating group) is 1. The van der Waals surface area contributed by atoms with Crippen molar-refractivity contribution in [2.75, 3.05) is 20.7 Å². The number of hydrazine groups is 1. The van der Waals surface area contributed by atoms with Crippen LogP contribution in [0.4, 0.5) is 4.79 Å². The first-order chi connectivity index (χ1) is 16.3. The molecule has 13 heteroatoms. The van der Waals surface area contributed by atoms with Gasteiger partial charge in [-0.2, -0.15) is 0 Å². The Morgan fingerprint density at radius 3 is 2.31 bits per heavy atom. The molecule has 4 N–H and O–H groups in total. The monoisotopic (exact) mass is 494 g/mol. The molecular weight excluding hydrogens is 460 g/mol. The average molecular weight is 495 g/mol. The molecule has 0 aromatic heterocycles. The summed E-state index contributed by atoms with van der Waals surface area (Å²) in [6, 6.07) is 6.85. The number of rotatable bonds is 11. The van der Waals surface area contributed by atoms with E-state index in [4.69, 9.17) is 20.6 Å². The third kappa shape index (κ3) is 9.86. The van der Waals surface area contributed by atoms with Gasteiger partial charge in [-0.1, -0.05) is 35.3 Å². The Hall–Kier alpha value is -3.90. The van der Waals surface area contributed by atoms with Crippen molar-refractivity contribution in [3.05, 3.63) is 46.0 Å². The van der Waals surface area contributed by atoms with Crippen LogP contribution in [0.1, 0.15) is 39.2 Å². The predicted octanol–water partition coefficient (Wildman–Crippen LogP) is 1.29. The fourth-order valence-corrected chi connectivity index (χ4v) is 3.10. The first kappa shape index (κ1) is 29.1. The van der Waals surface area contributed by atoms with Crippen molar-refractivity contribution >= 4 is 23.9 Å². The molecule has 0 saturated carbocycles. The van der Waals surface area contributed by atoms with Crippen LogP contribution < -0.4 is 11.1 Å². The number of carbonyl (C=O) groups is 3. The largest absolute Gasteiger partial charge is 0.467 e. The molecule has 2 amide bonds. The SMILES string of the molecule is COC(=O)C(CCCN(C(=N)N)[N+](=O)[O-])NC(=O)[C@H](Cc1ccccc1)N(C)C(=O)OC(C)(C)C. The topological polar surface area (TPSA) is 181 Å². The van der Waals surface area contributed by atoms with Gasteiger partial charge in [-0.3, -0.25) is 15.1 Å². The number of nitrogens with zero attached hydrogens (tertiary/aromatic N) is 3. The van der Waals surface area contributed by atoms with Gasteiger partial charge >= 0.3 is 12.1 Å². The highest BCUT2D eigenvalue weighted by atomic mass is 16.7. The molecule has 1 aromatic rings. The average Bonchev–Trinajstić information content (AvgIpc) is 2.77. The first-order valence-electron chi connectivity index (χ1n) is 10.9. The summed E-state index contributed by atoms with van der Waals surface area (Å²) >= 11 is 0. The highest BCUT2D eigenvalue weighted by Crippen LogP contribution is 2.15. The van der Waals surface area contributed by atoms with Gasteiger partial charge in [0.1, 0.15) is 17.7 Å². The van der Waals surface area contributed by atoms with Crippen molar-refractivity contribution in [2.24, 2.45) is 5.73 Å². The van der Waals surface area contributed by atoms with E-state index in [0.29, 0.717) is 5.01 Å².